The lowest BCUT2D eigenvalue weighted by Gasteiger charge is -2.09. The molecule has 1 amide bonds. The normalized spacial score (nSPS) is 10.9. The predicted octanol–water partition coefficient (Wildman–Crippen LogP) is 4.76. The molecule has 2 heterocycles. The number of aryl methyl sites for hydroxylation is 2. The van der Waals surface area contributed by atoms with E-state index in [1.165, 1.54) is 16.6 Å². The predicted molar refractivity (Wildman–Crippen MR) is 109 cm³/mol. The zero-order valence-corrected chi connectivity index (χ0v) is 16.8. The molecule has 0 aliphatic heterocycles. The Morgan fingerprint density at radius 2 is 2.08 bits per heavy atom. The SMILES string of the molecule is CCCn1c(SCC(=O)Nc2ccccc2C)nnc1-c1csc(C)c1. The minimum absolute atomic E-state index is 0.0386. The molecular weight excluding hydrogens is 364 g/mol. The van der Waals surface area contributed by atoms with Crippen LogP contribution in [-0.4, -0.2) is 26.4 Å². The number of nitrogens with zero attached hydrogens (tertiary/aromatic N) is 3. The highest BCUT2D eigenvalue weighted by Crippen LogP contribution is 2.28. The monoisotopic (exact) mass is 386 g/mol. The van der Waals surface area contributed by atoms with Gasteiger partial charge in [-0.2, -0.15) is 0 Å². The third-order valence-electron chi connectivity index (χ3n) is 3.90. The molecule has 3 aromatic rings. The van der Waals surface area contributed by atoms with Gasteiger partial charge in [0.05, 0.1) is 5.75 Å². The molecule has 0 saturated heterocycles. The van der Waals surface area contributed by atoms with Crippen molar-refractivity contribution >= 4 is 34.7 Å². The summed E-state index contributed by atoms with van der Waals surface area (Å²) in [7, 11) is 0. The number of hydrogen-bond acceptors (Lipinski definition) is 5. The highest BCUT2D eigenvalue weighted by Gasteiger charge is 2.16. The molecule has 0 bridgehead atoms. The van der Waals surface area contributed by atoms with Gasteiger partial charge < -0.3 is 9.88 Å². The Morgan fingerprint density at radius 3 is 2.77 bits per heavy atom. The summed E-state index contributed by atoms with van der Waals surface area (Å²) in [5.74, 6) is 1.14. The van der Waals surface area contributed by atoms with E-state index in [4.69, 9.17) is 0 Å². The maximum absolute atomic E-state index is 12.3. The number of para-hydroxylation sites is 1. The van der Waals surface area contributed by atoms with Gasteiger partial charge in [0.15, 0.2) is 11.0 Å². The molecule has 136 valence electrons. The Kier molecular flexibility index (Phi) is 6.11. The Labute approximate surface area is 161 Å². The third-order valence-corrected chi connectivity index (χ3v) is 5.73. The number of nitrogens with one attached hydrogen (secondary N) is 1. The molecule has 5 nitrogen and oxygen atoms in total. The summed E-state index contributed by atoms with van der Waals surface area (Å²) in [6.45, 7) is 7.02. The maximum atomic E-state index is 12.3. The van der Waals surface area contributed by atoms with Crippen LogP contribution in [0.5, 0.6) is 0 Å². The van der Waals surface area contributed by atoms with E-state index in [1.54, 1.807) is 11.3 Å². The molecule has 2 aromatic heterocycles. The summed E-state index contributed by atoms with van der Waals surface area (Å²) in [4.78, 5) is 13.5. The van der Waals surface area contributed by atoms with E-state index in [1.807, 2.05) is 31.2 Å². The number of hydrogen-bond donors (Lipinski definition) is 1. The highest BCUT2D eigenvalue weighted by molar-refractivity contribution is 7.99. The van der Waals surface area contributed by atoms with Gasteiger partial charge in [-0.05, 0) is 38.0 Å². The Bertz CT molecular complexity index is 901. The topological polar surface area (TPSA) is 59.8 Å². The van der Waals surface area contributed by atoms with Gasteiger partial charge in [-0.15, -0.1) is 21.5 Å². The molecule has 0 atom stereocenters. The second kappa shape index (κ2) is 8.51. The number of thiophene rings is 1. The van der Waals surface area contributed by atoms with Crippen LogP contribution in [0.4, 0.5) is 5.69 Å². The van der Waals surface area contributed by atoms with Crippen molar-refractivity contribution in [3.05, 3.63) is 46.2 Å². The van der Waals surface area contributed by atoms with Gasteiger partial charge in [0.25, 0.3) is 0 Å². The van der Waals surface area contributed by atoms with Gasteiger partial charge in [0.1, 0.15) is 0 Å². The molecule has 0 aliphatic carbocycles. The molecule has 0 saturated carbocycles. The molecule has 7 heteroatoms. The van der Waals surface area contributed by atoms with Crippen LogP contribution in [0.25, 0.3) is 11.4 Å². The van der Waals surface area contributed by atoms with E-state index < -0.39 is 0 Å². The van der Waals surface area contributed by atoms with Crippen LogP contribution in [0.3, 0.4) is 0 Å². The highest BCUT2D eigenvalue weighted by atomic mass is 32.2. The van der Waals surface area contributed by atoms with E-state index in [0.29, 0.717) is 5.75 Å². The molecule has 0 unspecified atom stereocenters. The lowest BCUT2D eigenvalue weighted by atomic mass is 10.2. The standard InChI is InChI=1S/C19H22N4OS2/c1-4-9-23-18(15-10-14(3)25-11-15)21-22-19(23)26-12-17(24)20-16-8-6-5-7-13(16)2/h5-8,10-11H,4,9,12H2,1-3H3,(H,20,24). The Balaban J connectivity index is 1.70. The van der Waals surface area contributed by atoms with E-state index in [-0.39, 0.29) is 5.91 Å². The van der Waals surface area contributed by atoms with E-state index in [9.17, 15) is 4.79 Å². The van der Waals surface area contributed by atoms with Crippen LogP contribution in [0, 0.1) is 13.8 Å². The van der Waals surface area contributed by atoms with Crippen molar-refractivity contribution in [2.24, 2.45) is 0 Å². The van der Waals surface area contributed by atoms with Gasteiger partial charge in [-0.3, -0.25) is 4.79 Å². The number of benzene rings is 1. The molecule has 0 fully saturated rings. The smallest absolute Gasteiger partial charge is 0.234 e. The molecule has 1 aromatic carbocycles. The first-order valence-electron chi connectivity index (χ1n) is 8.55. The molecule has 26 heavy (non-hydrogen) atoms. The van der Waals surface area contributed by atoms with Crippen molar-refractivity contribution < 1.29 is 4.79 Å². The van der Waals surface area contributed by atoms with Crippen LogP contribution < -0.4 is 5.32 Å². The maximum Gasteiger partial charge on any atom is 0.234 e. The van der Waals surface area contributed by atoms with Gasteiger partial charge in [-0.25, -0.2) is 0 Å². The fourth-order valence-corrected chi connectivity index (χ4v) is 4.07. The Morgan fingerprint density at radius 1 is 1.27 bits per heavy atom. The number of carbonyl (C=O) groups is 1. The van der Waals surface area contributed by atoms with E-state index >= 15 is 0 Å². The number of amides is 1. The van der Waals surface area contributed by atoms with Crippen molar-refractivity contribution in [3.63, 3.8) is 0 Å². The fraction of sp³-hybridized carbons (Fsp3) is 0.316. The van der Waals surface area contributed by atoms with Crippen molar-refractivity contribution in [2.45, 2.75) is 38.9 Å². The summed E-state index contributed by atoms with van der Waals surface area (Å²) in [6, 6.07) is 9.90. The second-order valence-electron chi connectivity index (χ2n) is 6.06. The molecule has 0 radical (unpaired) electrons. The van der Waals surface area contributed by atoms with Crippen LogP contribution >= 0.6 is 23.1 Å². The summed E-state index contributed by atoms with van der Waals surface area (Å²) in [5.41, 5.74) is 2.99. The van der Waals surface area contributed by atoms with Crippen LogP contribution in [-0.2, 0) is 11.3 Å². The zero-order chi connectivity index (χ0) is 18.5. The van der Waals surface area contributed by atoms with Gasteiger partial charge in [0, 0.05) is 28.1 Å². The Hall–Kier alpha value is -2.12. The van der Waals surface area contributed by atoms with Crippen molar-refractivity contribution in [3.8, 4) is 11.4 Å². The van der Waals surface area contributed by atoms with Crippen LogP contribution in [0.1, 0.15) is 23.8 Å². The zero-order valence-electron chi connectivity index (χ0n) is 15.2. The summed E-state index contributed by atoms with van der Waals surface area (Å²) < 4.78 is 2.10. The molecule has 0 aliphatic rings. The number of aromatic nitrogens is 3. The lowest BCUT2D eigenvalue weighted by Crippen LogP contribution is -2.15. The average Bonchev–Trinajstić information content (AvgIpc) is 3.22. The fourth-order valence-electron chi connectivity index (χ4n) is 2.62. The van der Waals surface area contributed by atoms with Gasteiger partial charge in [-0.1, -0.05) is 36.9 Å². The summed E-state index contributed by atoms with van der Waals surface area (Å²) >= 11 is 3.13. The largest absolute Gasteiger partial charge is 0.325 e. The lowest BCUT2D eigenvalue weighted by molar-refractivity contribution is -0.113. The van der Waals surface area contributed by atoms with Crippen LogP contribution in [0.15, 0.2) is 40.9 Å². The minimum Gasteiger partial charge on any atom is -0.325 e. The van der Waals surface area contributed by atoms with E-state index in [0.717, 1.165) is 40.8 Å². The number of anilines is 1. The quantitative estimate of drug-likeness (QED) is 0.595. The molecular formula is C19H22N4OS2. The number of carbonyl (C=O) groups excluding carboxylic acids is 1. The number of rotatable bonds is 7. The van der Waals surface area contributed by atoms with Gasteiger partial charge >= 0.3 is 0 Å². The first-order chi connectivity index (χ1) is 12.6. The van der Waals surface area contributed by atoms with Crippen molar-refractivity contribution in [1.82, 2.24) is 14.8 Å². The first-order valence-corrected chi connectivity index (χ1v) is 10.4. The number of thioether (sulfide) groups is 1. The van der Waals surface area contributed by atoms with Crippen molar-refractivity contribution in [2.75, 3.05) is 11.1 Å². The minimum atomic E-state index is -0.0386. The van der Waals surface area contributed by atoms with Crippen molar-refractivity contribution in [1.29, 1.82) is 0 Å². The summed E-state index contributed by atoms with van der Waals surface area (Å²) in [5, 5.41) is 14.5. The molecule has 1 N–H and O–H groups in total. The average molecular weight is 387 g/mol. The van der Waals surface area contributed by atoms with E-state index in [2.05, 4.69) is 45.4 Å². The van der Waals surface area contributed by atoms with Gasteiger partial charge in [0.2, 0.25) is 5.91 Å². The molecule has 0 spiro atoms. The third kappa shape index (κ3) is 4.34. The second-order valence-corrected chi connectivity index (χ2v) is 8.11. The molecule has 3 rings (SSSR count). The summed E-state index contributed by atoms with van der Waals surface area (Å²) in [6.07, 6.45) is 0.983. The van der Waals surface area contributed by atoms with Crippen LogP contribution in [0.2, 0.25) is 0 Å². The first kappa shape index (κ1) is 18.7.